The molecule has 0 saturated carbocycles. The second-order valence-electron chi connectivity index (χ2n) is 3.79. The highest BCUT2D eigenvalue weighted by Crippen LogP contribution is 2.23. The lowest BCUT2D eigenvalue weighted by atomic mass is 10.3. The summed E-state index contributed by atoms with van der Waals surface area (Å²) >= 11 is 0. The molecule has 1 aliphatic heterocycles. The molecule has 98 valence electrons. The number of aromatic carboxylic acids is 1. The number of halogens is 2. The minimum absolute atomic E-state index is 0.184. The summed E-state index contributed by atoms with van der Waals surface area (Å²) in [6.45, 7) is -2.23. The number of ether oxygens (including phenoxy) is 1. The first-order valence-corrected chi connectivity index (χ1v) is 5.31. The number of hydrogen-bond donors (Lipinski definition) is 1. The maximum atomic E-state index is 12.1. The second kappa shape index (κ2) is 5.21. The minimum Gasteiger partial charge on any atom is -0.476 e. The number of carboxylic acids is 1. The van der Waals surface area contributed by atoms with Crippen LogP contribution >= 0.6 is 0 Å². The lowest BCUT2D eigenvalue weighted by molar-refractivity contribution is -0.156. The topological polar surface area (TPSA) is 75.5 Å². The summed E-state index contributed by atoms with van der Waals surface area (Å²) in [5, 5.41) is 8.96. The van der Waals surface area contributed by atoms with Crippen LogP contribution in [0.15, 0.2) is 12.4 Å². The van der Waals surface area contributed by atoms with Crippen molar-refractivity contribution in [3.05, 3.63) is 18.1 Å². The van der Waals surface area contributed by atoms with Gasteiger partial charge in [0.15, 0.2) is 11.5 Å². The number of alkyl halides is 2. The fourth-order valence-electron chi connectivity index (χ4n) is 1.89. The van der Waals surface area contributed by atoms with E-state index in [2.05, 4.69) is 14.7 Å². The van der Waals surface area contributed by atoms with Gasteiger partial charge in [-0.25, -0.2) is 14.8 Å². The number of carbonyl (C=O) groups is 1. The highest BCUT2D eigenvalue weighted by molar-refractivity contribution is 5.90. The molecule has 0 aliphatic carbocycles. The molecule has 0 radical (unpaired) electrons. The van der Waals surface area contributed by atoms with E-state index in [-0.39, 0.29) is 18.1 Å². The van der Waals surface area contributed by atoms with Gasteiger partial charge in [0.25, 0.3) is 0 Å². The average Bonchev–Trinajstić information content (AvgIpc) is 2.76. The molecule has 1 aromatic heterocycles. The molecule has 0 spiro atoms. The van der Waals surface area contributed by atoms with Crippen molar-refractivity contribution in [2.75, 3.05) is 18.0 Å². The first-order valence-electron chi connectivity index (χ1n) is 5.31. The Morgan fingerprint density at radius 3 is 2.89 bits per heavy atom. The molecule has 1 aliphatic rings. The van der Waals surface area contributed by atoms with Crippen LogP contribution in [0.4, 0.5) is 14.6 Å². The quantitative estimate of drug-likeness (QED) is 0.869. The lowest BCUT2D eigenvalue weighted by Crippen LogP contribution is -2.26. The first-order chi connectivity index (χ1) is 8.58. The van der Waals surface area contributed by atoms with Crippen LogP contribution in [0, 0.1) is 0 Å². The van der Waals surface area contributed by atoms with E-state index < -0.39 is 18.7 Å². The Bertz CT molecular complexity index is 444. The van der Waals surface area contributed by atoms with Crippen LogP contribution in [0.2, 0.25) is 0 Å². The molecule has 1 fully saturated rings. The number of hydrogen-bond acceptors (Lipinski definition) is 5. The van der Waals surface area contributed by atoms with Crippen molar-refractivity contribution in [1.29, 1.82) is 0 Å². The van der Waals surface area contributed by atoms with Crippen LogP contribution in [0.25, 0.3) is 0 Å². The molecule has 18 heavy (non-hydrogen) atoms. The van der Waals surface area contributed by atoms with Gasteiger partial charge in [-0.3, -0.25) is 0 Å². The van der Waals surface area contributed by atoms with Gasteiger partial charge < -0.3 is 14.7 Å². The number of carboxylic acid groups (broad SMARTS) is 1. The van der Waals surface area contributed by atoms with Gasteiger partial charge >= 0.3 is 12.6 Å². The van der Waals surface area contributed by atoms with Crippen molar-refractivity contribution >= 4 is 11.8 Å². The molecule has 2 heterocycles. The Labute approximate surface area is 101 Å². The SMILES string of the molecule is O=C(O)c1nccnc1N1CC[C@H](OC(F)F)C1. The Morgan fingerprint density at radius 1 is 1.50 bits per heavy atom. The van der Waals surface area contributed by atoms with Crippen molar-refractivity contribution in [1.82, 2.24) is 9.97 Å². The van der Waals surface area contributed by atoms with E-state index in [0.717, 1.165) is 0 Å². The average molecular weight is 259 g/mol. The predicted octanol–water partition coefficient (Wildman–Crippen LogP) is 0.993. The third-order valence-corrected chi connectivity index (χ3v) is 2.62. The van der Waals surface area contributed by atoms with Gasteiger partial charge in [-0.1, -0.05) is 0 Å². The van der Waals surface area contributed by atoms with Gasteiger partial charge in [0.1, 0.15) is 0 Å². The summed E-state index contributed by atoms with van der Waals surface area (Å²) in [7, 11) is 0. The molecular weight excluding hydrogens is 248 g/mol. The van der Waals surface area contributed by atoms with Crippen LogP contribution in [0.1, 0.15) is 16.9 Å². The third kappa shape index (κ3) is 2.70. The van der Waals surface area contributed by atoms with Crippen molar-refractivity contribution < 1.29 is 23.4 Å². The van der Waals surface area contributed by atoms with E-state index >= 15 is 0 Å². The molecule has 0 aromatic carbocycles. The van der Waals surface area contributed by atoms with E-state index in [4.69, 9.17) is 5.11 Å². The Balaban J connectivity index is 2.12. The largest absolute Gasteiger partial charge is 0.476 e. The smallest absolute Gasteiger partial charge is 0.358 e. The van der Waals surface area contributed by atoms with Crippen LogP contribution in [-0.4, -0.2) is 46.8 Å². The molecular formula is C10H11F2N3O3. The molecule has 0 amide bonds. The fourth-order valence-corrected chi connectivity index (χ4v) is 1.89. The van der Waals surface area contributed by atoms with Crippen LogP contribution in [-0.2, 0) is 4.74 Å². The summed E-state index contributed by atoms with van der Waals surface area (Å²) in [5.74, 6) is -1.01. The van der Waals surface area contributed by atoms with Gasteiger partial charge in [-0.2, -0.15) is 8.78 Å². The normalized spacial score (nSPS) is 19.5. The van der Waals surface area contributed by atoms with Crippen molar-refractivity contribution in [2.45, 2.75) is 19.1 Å². The molecule has 1 aromatic rings. The number of aromatic nitrogens is 2. The van der Waals surface area contributed by atoms with Crippen molar-refractivity contribution in [3.63, 3.8) is 0 Å². The van der Waals surface area contributed by atoms with Crippen LogP contribution in [0.5, 0.6) is 0 Å². The number of anilines is 1. The second-order valence-corrected chi connectivity index (χ2v) is 3.79. The summed E-state index contributed by atoms with van der Waals surface area (Å²) in [4.78, 5) is 20.2. The van der Waals surface area contributed by atoms with Gasteiger partial charge in [-0.15, -0.1) is 0 Å². The minimum atomic E-state index is -2.82. The van der Waals surface area contributed by atoms with E-state index in [1.54, 1.807) is 4.90 Å². The Kier molecular flexibility index (Phi) is 3.66. The Morgan fingerprint density at radius 2 is 2.22 bits per heavy atom. The van der Waals surface area contributed by atoms with Gasteiger partial charge in [0.05, 0.1) is 6.10 Å². The van der Waals surface area contributed by atoms with Crippen LogP contribution in [0.3, 0.4) is 0 Å². The molecule has 8 heteroatoms. The maximum absolute atomic E-state index is 12.1. The zero-order chi connectivity index (χ0) is 13.1. The van der Waals surface area contributed by atoms with Gasteiger partial charge in [0, 0.05) is 25.5 Å². The molecule has 0 unspecified atom stereocenters. The molecule has 1 atom stereocenters. The van der Waals surface area contributed by atoms with E-state index in [0.29, 0.717) is 13.0 Å². The van der Waals surface area contributed by atoms with Crippen molar-refractivity contribution in [3.8, 4) is 0 Å². The molecule has 0 bridgehead atoms. The summed E-state index contributed by atoms with van der Waals surface area (Å²) < 4.78 is 28.5. The molecule has 1 N–H and O–H groups in total. The zero-order valence-electron chi connectivity index (χ0n) is 9.29. The highest BCUT2D eigenvalue weighted by atomic mass is 19.3. The summed E-state index contributed by atoms with van der Waals surface area (Å²) in [6, 6.07) is 0. The molecule has 1 saturated heterocycles. The van der Waals surface area contributed by atoms with Gasteiger partial charge in [0.2, 0.25) is 0 Å². The molecule has 2 rings (SSSR count). The summed E-state index contributed by atoms with van der Waals surface area (Å²) in [6.07, 6.45) is 2.42. The van der Waals surface area contributed by atoms with Crippen LogP contribution < -0.4 is 4.90 Å². The number of rotatable bonds is 4. The third-order valence-electron chi connectivity index (χ3n) is 2.62. The summed E-state index contributed by atoms with van der Waals surface area (Å²) in [5.41, 5.74) is -0.185. The first kappa shape index (κ1) is 12.6. The standard InChI is InChI=1S/C10H11F2N3O3/c11-10(12)18-6-1-4-15(5-6)8-7(9(16)17)13-2-3-14-8/h2-3,6,10H,1,4-5H2,(H,16,17)/t6-/m0/s1. The fraction of sp³-hybridized carbons (Fsp3) is 0.500. The Hall–Kier alpha value is -1.83. The van der Waals surface area contributed by atoms with E-state index in [1.165, 1.54) is 12.4 Å². The molecule has 6 nitrogen and oxygen atoms in total. The maximum Gasteiger partial charge on any atom is 0.358 e. The zero-order valence-corrected chi connectivity index (χ0v) is 9.29. The predicted molar refractivity (Wildman–Crippen MR) is 56.7 cm³/mol. The van der Waals surface area contributed by atoms with Crippen molar-refractivity contribution in [2.24, 2.45) is 0 Å². The number of nitrogens with zero attached hydrogens (tertiary/aromatic N) is 3. The van der Waals surface area contributed by atoms with E-state index in [9.17, 15) is 13.6 Å². The lowest BCUT2D eigenvalue weighted by Gasteiger charge is -2.18. The monoisotopic (exact) mass is 259 g/mol. The highest BCUT2D eigenvalue weighted by Gasteiger charge is 2.29. The van der Waals surface area contributed by atoms with Gasteiger partial charge in [-0.05, 0) is 6.42 Å². The van der Waals surface area contributed by atoms with E-state index in [1.807, 2.05) is 0 Å².